The summed E-state index contributed by atoms with van der Waals surface area (Å²) in [6, 6.07) is 9.38. The molecule has 1 aromatic carbocycles. The number of aliphatic hydroxyl groups is 1. The summed E-state index contributed by atoms with van der Waals surface area (Å²) in [5.41, 5.74) is -0.221. The maximum atomic E-state index is 13.1. The van der Waals surface area contributed by atoms with Gasteiger partial charge in [0.05, 0.1) is 13.0 Å². The Morgan fingerprint density at radius 3 is 2.88 bits per heavy atom. The Balaban J connectivity index is 1.54. The van der Waals surface area contributed by atoms with Crippen LogP contribution in [0.25, 0.3) is 0 Å². The van der Waals surface area contributed by atoms with Crippen molar-refractivity contribution in [2.24, 2.45) is 0 Å². The number of rotatable bonds is 5. The fraction of sp³-hybridized carbons (Fsp3) is 0.333. The number of pyridine rings is 1. The number of carbonyl (C=O) groups is 1. The number of benzene rings is 1. The number of β-amino-alcohol motifs (C(OH)–C–C–N with tert-alkyl or cyclic N) is 1. The lowest BCUT2D eigenvalue weighted by molar-refractivity contribution is -0.130. The lowest BCUT2D eigenvalue weighted by atomic mass is 10.1. The van der Waals surface area contributed by atoms with Crippen molar-refractivity contribution in [3.8, 4) is 5.75 Å². The lowest BCUT2D eigenvalue weighted by Gasteiger charge is -2.23. The second-order valence-corrected chi connectivity index (χ2v) is 6.07. The van der Waals surface area contributed by atoms with Crippen LogP contribution in [0.15, 0.2) is 48.8 Å². The van der Waals surface area contributed by atoms with Gasteiger partial charge in [-0.3, -0.25) is 9.78 Å². The molecule has 2 aromatic rings. The van der Waals surface area contributed by atoms with Gasteiger partial charge in [-0.15, -0.1) is 0 Å². The number of likely N-dealkylation sites (tertiary alicyclic amines) is 1. The highest BCUT2D eigenvalue weighted by atomic mass is 19.1. The van der Waals surface area contributed by atoms with Gasteiger partial charge in [-0.05, 0) is 36.2 Å². The number of ether oxygens (including phenoxy) is 1. The topological polar surface area (TPSA) is 62.7 Å². The first-order valence-electron chi connectivity index (χ1n) is 7.82. The van der Waals surface area contributed by atoms with Crippen LogP contribution in [0, 0.1) is 5.82 Å². The third kappa shape index (κ3) is 4.08. The van der Waals surface area contributed by atoms with Crippen LogP contribution in [0.3, 0.4) is 0 Å². The number of amides is 1. The van der Waals surface area contributed by atoms with Crippen LogP contribution in [0.4, 0.5) is 4.39 Å². The molecule has 0 spiro atoms. The van der Waals surface area contributed by atoms with Crippen LogP contribution < -0.4 is 4.74 Å². The van der Waals surface area contributed by atoms with Gasteiger partial charge < -0.3 is 14.7 Å². The maximum Gasteiger partial charge on any atom is 0.227 e. The number of hydrogen-bond acceptors (Lipinski definition) is 4. The van der Waals surface area contributed by atoms with Gasteiger partial charge in [0.1, 0.15) is 23.8 Å². The molecule has 1 aliphatic rings. The molecule has 1 amide bonds. The van der Waals surface area contributed by atoms with Crippen molar-refractivity contribution in [2.75, 3.05) is 19.7 Å². The van der Waals surface area contributed by atoms with Crippen LogP contribution in [-0.2, 0) is 11.2 Å². The molecule has 1 aliphatic heterocycles. The molecule has 1 atom stereocenters. The Kier molecular flexibility index (Phi) is 4.76. The van der Waals surface area contributed by atoms with Gasteiger partial charge in [0.15, 0.2) is 0 Å². The van der Waals surface area contributed by atoms with Crippen LogP contribution in [0.5, 0.6) is 5.75 Å². The van der Waals surface area contributed by atoms with Gasteiger partial charge in [-0.2, -0.15) is 0 Å². The van der Waals surface area contributed by atoms with E-state index in [-0.39, 0.29) is 31.3 Å². The van der Waals surface area contributed by atoms with Crippen molar-refractivity contribution in [3.63, 3.8) is 0 Å². The zero-order valence-electron chi connectivity index (χ0n) is 13.2. The zero-order chi connectivity index (χ0) is 17.0. The highest BCUT2D eigenvalue weighted by molar-refractivity contribution is 5.79. The standard InChI is InChI=1S/C18H19FN2O3/c19-15-2-1-3-16(11-15)24-13-18(23)6-9-21(12-18)17(22)10-14-4-7-20-8-5-14/h1-5,7-8,11,23H,6,9-10,12-13H2/t18-/m1/s1. The Hall–Kier alpha value is -2.47. The van der Waals surface area contributed by atoms with Gasteiger partial charge in [0.2, 0.25) is 5.91 Å². The van der Waals surface area contributed by atoms with Gasteiger partial charge in [-0.1, -0.05) is 6.07 Å². The molecule has 126 valence electrons. The van der Waals surface area contributed by atoms with Crippen molar-refractivity contribution < 1.29 is 19.0 Å². The number of hydrogen-bond donors (Lipinski definition) is 1. The molecular formula is C18H19FN2O3. The third-order valence-corrected chi connectivity index (χ3v) is 4.09. The van der Waals surface area contributed by atoms with E-state index < -0.39 is 5.60 Å². The minimum absolute atomic E-state index is 0.0233. The van der Waals surface area contributed by atoms with Crippen LogP contribution >= 0.6 is 0 Å². The van der Waals surface area contributed by atoms with E-state index >= 15 is 0 Å². The lowest BCUT2D eigenvalue weighted by Crippen LogP contribution is -2.41. The summed E-state index contributed by atoms with van der Waals surface area (Å²) in [5, 5.41) is 10.6. The number of carbonyl (C=O) groups excluding carboxylic acids is 1. The van der Waals surface area contributed by atoms with E-state index in [2.05, 4.69) is 4.98 Å². The Morgan fingerprint density at radius 1 is 1.33 bits per heavy atom. The minimum Gasteiger partial charge on any atom is -0.490 e. The molecule has 6 heteroatoms. The predicted octanol–water partition coefficient (Wildman–Crippen LogP) is 1.81. The van der Waals surface area contributed by atoms with Crippen LogP contribution in [-0.4, -0.2) is 46.2 Å². The predicted molar refractivity (Wildman–Crippen MR) is 86.0 cm³/mol. The van der Waals surface area contributed by atoms with E-state index in [1.165, 1.54) is 12.1 Å². The van der Waals surface area contributed by atoms with E-state index in [9.17, 15) is 14.3 Å². The molecule has 0 aliphatic carbocycles. The molecule has 0 saturated carbocycles. The zero-order valence-corrected chi connectivity index (χ0v) is 13.2. The molecule has 24 heavy (non-hydrogen) atoms. The molecule has 1 fully saturated rings. The summed E-state index contributed by atoms with van der Waals surface area (Å²) in [6.45, 7) is 0.717. The number of nitrogens with zero attached hydrogens (tertiary/aromatic N) is 2. The molecule has 1 saturated heterocycles. The number of aromatic nitrogens is 1. The molecule has 2 heterocycles. The highest BCUT2D eigenvalue weighted by Crippen LogP contribution is 2.24. The Bertz CT molecular complexity index is 710. The molecule has 1 N–H and O–H groups in total. The summed E-state index contributed by atoms with van der Waals surface area (Å²) in [7, 11) is 0. The molecule has 0 unspecified atom stereocenters. The van der Waals surface area contributed by atoms with E-state index in [0.717, 1.165) is 5.56 Å². The molecule has 0 bridgehead atoms. The fourth-order valence-electron chi connectivity index (χ4n) is 2.75. The highest BCUT2D eigenvalue weighted by Gasteiger charge is 2.38. The van der Waals surface area contributed by atoms with Gasteiger partial charge in [0, 0.05) is 25.0 Å². The van der Waals surface area contributed by atoms with Crippen molar-refractivity contribution in [1.82, 2.24) is 9.88 Å². The van der Waals surface area contributed by atoms with E-state index in [4.69, 9.17) is 4.74 Å². The van der Waals surface area contributed by atoms with E-state index in [0.29, 0.717) is 18.7 Å². The van der Waals surface area contributed by atoms with Crippen molar-refractivity contribution in [3.05, 3.63) is 60.2 Å². The number of halogens is 1. The Labute approximate surface area is 139 Å². The fourth-order valence-corrected chi connectivity index (χ4v) is 2.75. The third-order valence-electron chi connectivity index (χ3n) is 4.09. The molecule has 0 radical (unpaired) electrons. The molecule has 1 aromatic heterocycles. The average molecular weight is 330 g/mol. The van der Waals surface area contributed by atoms with E-state index in [1.807, 2.05) is 0 Å². The summed E-state index contributed by atoms with van der Waals surface area (Å²) in [4.78, 5) is 17.9. The summed E-state index contributed by atoms with van der Waals surface area (Å²) >= 11 is 0. The van der Waals surface area contributed by atoms with Crippen LogP contribution in [0.1, 0.15) is 12.0 Å². The molecule has 3 rings (SSSR count). The van der Waals surface area contributed by atoms with Crippen molar-refractivity contribution in [2.45, 2.75) is 18.4 Å². The van der Waals surface area contributed by atoms with Crippen molar-refractivity contribution >= 4 is 5.91 Å². The van der Waals surface area contributed by atoms with Gasteiger partial charge in [-0.25, -0.2) is 4.39 Å². The van der Waals surface area contributed by atoms with E-state index in [1.54, 1.807) is 41.6 Å². The SMILES string of the molecule is O=C(Cc1ccncc1)N1CC[C@](O)(COc2cccc(F)c2)C1. The average Bonchev–Trinajstić information content (AvgIpc) is 2.97. The monoisotopic (exact) mass is 330 g/mol. The first kappa shape index (κ1) is 16.4. The normalized spacial score (nSPS) is 20.2. The quantitative estimate of drug-likeness (QED) is 0.908. The van der Waals surface area contributed by atoms with Gasteiger partial charge in [0.25, 0.3) is 0 Å². The maximum absolute atomic E-state index is 13.1. The first-order chi connectivity index (χ1) is 11.5. The molecule has 5 nitrogen and oxygen atoms in total. The smallest absolute Gasteiger partial charge is 0.227 e. The summed E-state index contributed by atoms with van der Waals surface area (Å²) in [6.07, 6.45) is 4.01. The minimum atomic E-state index is -1.11. The summed E-state index contributed by atoms with van der Waals surface area (Å²) < 4.78 is 18.6. The van der Waals surface area contributed by atoms with Gasteiger partial charge >= 0.3 is 0 Å². The van der Waals surface area contributed by atoms with Crippen molar-refractivity contribution in [1.29, 1.82) is 0 Å². The summed E-state index contributed by atoms with van der Waals surface area (Å²) in [5.74, 6) is -0.0621. The largest absolute Gasteiger partial charge is 0.490 e. The second kappa shape index (κ2) is 6.97. The second-order valence-electron chi connectivity index (χ2n) is 6.07. The van der Waals surface area contributed by atoms with Crippen LogP contribution in [0.2, 0.25) is 0 Å². The molecular weight excluding hydrogens is 311 g/mol. The first-order valence-corrected chi connectivity index (χ1v) is 7.82. The Morgan fingerprint density at radius 2 is 2.12 bits per heavy atom.